The highest BCUT2D eigenvalue weighted by Gasteiger charge is 2.64. The van der Waals surface area contributed by atoms with E-state index in [2.05, 4.69) is 52.5 Å². The van der Waals surface area contributed by atoms with E-state index in [0.29, 0.717) is 49.1 Å². The topological polar surface area (TPSA) is 74.7 Å². The van der Waals surface area contributed by atoms with Gasteiger partial charge in [-0.2, -0.15) is 4.31 Å². The average molecular weight is 592 g/mol. The minimum atomic E-state index is -3.49. The van der Waals surface area contributed by atoms with E-state index in [1.54, 1.807) is 4.31 Å². The molecule has 228 valence electrons. The Kier molecular flexibility index (Phi) is 7.39. The number of ketones is 1. The van der Waals surface area contributed by atoms with Crippen LogP contribution in [-0.4, -0.2) is 42.3 Å². The van der Waals surface area contributed by atoms with Gasteiger partial charge in [-0.25, -0.2) is 8.42 Å². The van der Waals surface area contributed by atoms with E-state index in [1.165, 1.54) is 16.7 Å². The van der Waals surface area contributed by atoms with Gasteiger partial charge in [0.25, 0.3) is 0 Å². The molecule has 3 fully saturated rings. The third-order valence-electron chi connectivity index (χ3n) is 11.7. The number of hydrogen-bond acceptors (Lipinski definition) is 4. The van der Waals surface area contributed by atoms with Crippen molar-refractivity contribution >= 4 is 15.8 Å². The third kappa shape index (κ3) is 4.92. The molecule has 6 atom stereocenters. The van der Waals surface area contributed by atoms with Gasteiger partial charge in [-0.3, -0.25) is 4.79 Å². The van der Waals surface area contributed by atoms with Crippen LogP contribution in [0.3, 0.4) is 0 Å². The molecule has 1 unspecified atom stereocenters. The standard InChI is InChI=1S/C36H49NO4S/c1-33(2,3)19-20-36(39)18-15-30-29-11-9-25-23-26(38)10-12-28(25)32(29)31(24-35(30,36)5)34(4)16-13-27(14-17-34)42(40,41)37-21-7-6-8-22-37/h13-14,16,23,29-31,39H,6-12,15,17-18,21-22,24H2,1-5H3/t29-,30-,31-,34?,35-,36+/m0/s1. The maximum atomic E-state index is 13.5. The van der Waals surface area contributed by atoms with E-state index < -0.39 is 15.6 Å². The lowest BCUT2D eigenvalue weighted by molar-refractivity contribution is -0.114. The predicted molar refractivity (Wildman–Crippen MR) is 167 cm³/mol. The first-order valence-corrected chi connectivity index (χ1v) is 17.7. The predicted octanol–water partition coefficient (Wildman–Crippen LogP) is 6.86. The Balaban J connectivity index is 1.41. The van der Waals surface area contributed by atoms with Crippen molar-refractivity contribution in [2.75, 3.05) is 13.1 Å². The zero-order valence-corrected chi connectivity index (χ0v) is 27.1. The van der Waals surface area contributed by atoms with E-state index in [4.69, 9.17) is 0 Å². The SMILES string of the molecule is CC(C)(C)C#C[C@]1(O)CC[C@H]2[C@@H]3CCC4=CC(=O)CCC4=C3[C@@H](C3(C)C=CC(S(=O)(=O)N4CCCCC4)=CC3)C[C@@]21C. The highest BCUT2D eigenvalue weighted by Crippen LogP contribution is 2.68. The Morgan fingerprint density at radius 3 is 2.45 bits per heavy atom. The molecular weight excluding hydrogens is 542 g/mol. The van der Waals surface area contributed by atoms with Gasteiger partial charge in [0, 0.05) is 30.3 Å². The number of carbonyl (C=O) groups is 1. The smallest absolute Gasteiger partial charge is 0.242 e. The van der Waals surface area contributed by atoms with Crippen LogP contribution in [0.4, 0.5) is 0 Å². The number of nitrogens with zero attached hydrogens (tertiary/aromatic N) is 1. The molecule has 0 bridgehead atoms. The van der Waals surface area contributed by atoms with Crippen LogP contribution in [-0.2, 0) is 14.8 Å². The first kappa shape index (κ1) is 30.1. The molecule has 0 aromatic carbocycles. The molecule has 5 aliphatic carbocycles. The average Bonchev–Trinajstić information content (AvgIpc) is 3.22. The van der Waals surface area contributed by atoms with Crippen molar-refractivity contribution < 1.29 is 18.3 Å². The summed E-state index contributed by atoms with van der Waals surface area (Å²) in [5.41, 5.74) is 2.21. The summed E-state index contributed by atoms with van der Waals surface area (Å²) in [6.07, 6.45) is 17.2. The van der Waals surface area contributed by atoms with Crippen LogP contribution in [0.5, 0.6) is 0 Å². The third-order valence-corrected chi connectivity index (χ3v) is 13.6. The van der Waals surface area contributed by atoms with Crippen LogP contribution in [0.15, 0.2) is 45.9 Å². The van der Waals surface area contributed by atoms with Crippen molar-refractivity contribution in [2.24, 2.45) is 34.0 Å². The van der Waals surface area contributed by atoms with Gasteiger partial charge in [0.1, 0.15) is 5.60 Å². The molecular formula is C36H49NO4S. The van der Waals surface area contributed by atoms with Crippen LogP contribution >= 0.6 is 0 Å². The molecule has 6 rings (SSSR count). The van der Waals surface area contributed by atoms with E-state index in [1.807, 2.05) is 18.2 Å². The lowest BCUT2D eigenvalue weighted by atomic mass is 9.47. The second-order valence-electron chi connectivity index (χ2n) is 15.5. The Bertz CT molecular complexity index is 1460. The van der Waals surface area contributed by atoms with Crippen molar-refractivity contribution in [1.82, 2.24) is 4.31 Å². The van der Waals surface area contributed by atoms with Crippen LogP contribution < -0.4 is 0 Å². The number of aliphatic hydroxyl groups is 1. The Hall–Kier alpha value is -1.94. The van der Waals surface area contributed by atoms with E-state index in [0.717, 1.165) is 51.4 Å². The van der Waals surface area contributed by atoms with Gasteiger partial charge in [-0.05, 0) is 125 Å². The number of piperidine rings is 1. The second-order valence-corrected chi connectivity index (χ2v) is 17.4. The Morgan fingerprint density at radius 1 is 1.05 bits per heavy atom. The molecule has 1 N–H and O–H groups in total. The van der Waals surface area contributed by atoms with Crippen LogP contribution in [0.1, 0.15) is 105 Å². The summed E-state index contributed by atoms with van der Waals surface area (Å²) in [6.45, 7) is 12.1. The number of rotatable bonds is 3. The zero-order chi connectivity index (χ0) is 30.1. The molecule has 0 aromatic rings. The van der Waals surface area contributed by atoms with Crippen LogP contribution in [0.25, 0.3) is 0 Å². The van der Waals surface area contributed by atoms with Gasteiger partial charge in [-0.1, -0.05) is 49.8 Å². The van der Waals surface area contributed by atoms with E-state index >= 15 is 0 Å². The maximum absolute atomic E-state index is 13.5. The molecule has 1 heterocycles. The summed E-state index contributed by atoms with van der Waals surface area (Å²) in [5, 5.41) is 12.3. The highest BCUT2D eigenvalue weighted by molar-refractivity contribution is 7.93. The van der Waals surface area contributed by atoms with Crippen LogP contribution in [0.2, 0.25) is 0 Å². The van der Waals surface area contributed by atoms with Crippen molar-refractivity contribution in [3.05, 3.63) is 45.9 Å². The molecule has 1 saturated heterocycles. The lowest BCUT2D eigenvalue weighted by Gasteiger charge is -2.57. The summed E-state index contributed by atoms with van der Waals surface area (Å²) in [7, 11) is -3.49. The fourth-order valence-corrected chi connectivity index (χ4v) is 10.8. The van der Waals surface area contributed by atoms with Crippen molar-refractivity contribution in [2.45, 2.75) is 111 Å². The number of sulfonamides is 1. The molecule has 1 aliphatic heterocycles. The first-order valence-electron chi connectivity index (χ1n) is 16.3. The Labute approximate surface area is 253 Å². The largest absolute Gasteiger partial charge is 0.377 e. The lowest BCUT2D eigenvalue weighted by Crippen LogP contribution is -2.54. The van der Waals surface area contributed by atoms with Gasteiger partial charge in [0.05, 0.1) is 4.91 Å². The zero-order valence-electron chi connectivity index (χ0n) is 26.3. The minimum absolute atomic E-state index is 0.142. The van der Waals surface area contributed by atoms with Crippen molar-refractivity contribution in [3.8, 4) is 11.8 Å². The molecule has 6 aliphatic rings. The maximum Gasteiger partial charge on any atom is 0.242 e. The quantitative estimate of drug-likeness (QED) is 0.364. The summed E-state index contributed by atoms with van der Waals surface area (Å²) in [4.78, 5) is 12.9. The van der Waals surface area contributed by atoms with Crippen molar-refractivity contribution in [1.29, 1.82) is 0 Å². The number of fused-ring (bicyclic) bond motifs is 4. The minimum Gasteiger partial charge on any atom is -0.377 e. The first-order chi connectivity index (χ1) is 19.7. The molecule has 0 amide bonds. The van der Waals surface area contributed by atoms with Gasteiger partial charge < -0.3 is 5.11 Å². The normalized spacial score (nSPS) is 39.0. The molecule has 0 spiro atoms. The Morgan fingerprint density at radius 2 is 1.79 bits per heavy atom. The fourth-order valence-electron chi connectivity index (χ4n) is 9.18. The second kappa shape index (κ2) is 10.3. The summed E-state index contributed by atoms with van der Waals surface area (Å²) in [6, 6.07) is 0. The number of carbonyl (C=O) groups excluding carboxylic acids is 1. The van der Waals surface area contributed by atoms with Gasteiger partial charge in [0.15, 0.2) is 5.78 Å². The van der Waals surface area contributed by atoms with Crippen molar-refractivity contribution in [3.63, 3.8) is 0 Å². The summed E-state index contributed by atoms with van der Waals surface area (Å²) in [5.74, 6) is 7.88. The molecule has 42 heavy (non-hydrogen) atoms. The molecule has 5 nitrogen and oxygen atoms in total. The molecule has 2 saturated carbocycles. The monoisotopic (exact) mass is 591 g/mol. The summed E-state index contributed by atoms with van der Waals surface area (Å²) >= 11 is 0. The number of hydrogen-bond donors (Lipinski definition) is 1. The summed E-state index contributed by atoms with van der Waals surface area (Å²) < 4.78 is 28.7. The molecule has 6 heteroatoms. The molecule has 0 aromatic heterocycles. The van der Waals surface area contributed by atoms with E-state index in [9.17, 15) is 18.3 Å². The van der Waals surface area contributed by atoms with Gasteiger partial charge in [-0.15, -0.1) is 0 Å². The van der Waals surface area contributed by atoms with Crippen LogP contribution in [0, 0.1) is 45.8 Å². The van der Waals surface area contributed by atoms with Gasteiger partial charge in [0.2, 0.25) is 10.0 Å². The van der Waals surface area contributed by atoms with E-state index in [-0.39, 0.29) is 27.9 Å². The van der Waals surface area contributed by atoms with Gasteiger partial charge >= 0.3 is 0 Å². The fraction of sp³-hybridized carbons (Fsp3) is 0.694. The highest BCUT2D eigenvalue weighted by atomic mass is 32.2. The molecule has 0 radical (unpaired) electrons. The number of allylic oxidation sites excluding steroid dienone is 7.